The highest BCUT2D eigenvalue weighted by Crippen LogP contribution is 2.19. The molecule has 2 unspecified atom stereocenters. The fourth-order valence-corrected chi connectivity index (χ4v) is 10.9. The number of rotatable bonds is 64. The molecule has 0 spiro atoms. The number of carbonyl (C=O) groups is 2. The maximum Gasteiger partial charge on any atom is 0.305 e. The Morgan fingerprint density at radius 2 is 0.635 bits per heavy atom. The molecular formula is C68H133NO5. The molecule has 0 aliphatic heterocycles. The first-order valence-corrected chi connectivity index (χ1v) is 33.9. The molecule has 0 aliphatic rings. The summed E-state index contributed by atoms with van der Waals surface area (Å²) in [4.78, 5) is 24.5. The standard InChI is InChI=1S/C68H133NO5/c1-3-5-7-9-11-13-15-37-40-44-48-52-56-60-66(71)65(64-70)69-67(72)61-57-53-49-45-41-38-35-33-31-29-27-25-23-21-19-17-18-20-22-24-26-28-30-32-34-36-39-43-47-51-55-59-63-74-68(73)62-58-54-50-46-42-16-14-12-10-8-6-4-2/h12,14,65-66,70-71H,3-11,13,15-64H2,1-2H3,(H,69,72)/b14-12-. The van der Waals surface area contributed by atoms with Crippen molar-refractivity contribution in [1.29, 1.82) is 0 Å². The number of nitrogens with one attached hydrogen (secondary N) is 1. The first-order chi connectivity index (χ1) is 36.5. The van der Waals surface area contributed by atoms with Crippen LogP contribution in [0.4, 0.5) is 0 Å². The van der Waals surface area contributed by atoms with Gasteiger partial charge >= 0.3 is 5.97 Å². The molecule has 440 valence electrons. The van der Waals surface area contributed by atoms with E-state index in [1.54, 1.807) is 0 Å². The van der Waals surface area contributed by atoms with Crippen molar-refractivity contribution in [2.24, 2.45) is 0 Å². The van der Waals surface area contributed by atoms with Crippen molar-refractivity contribution in [3.05, 3.63) is 12.2 Å². The van der Waals surface area contributed by atoms with Gasteiger partial charge in [-0.1, -0.05) is 334 Å². The van der Waals surface area contributed by atoms with Crippen LogP contribution in [0.1, 0.15) is 386 Å². The number of aliphatic hydroxyl groups excluding tert-OH is 2. The molecule has 74 heavy (non-hydrogen) atoms. The lowest BCUT2D eigenvalue weighted by Crippen LogP contribution is -2.45. The number of esters is 1. The van der Waals surface area contributed by atoms with Crippen molar-refractivity contribution in [2.45, 2.75) is 398 Å². The minimum atomic E-state index is -0.659. The smallest absolute Gasteiger partial charge is 0.305 e. The predicted octanol–water partition coefficient (Wildman–Crippen LogP) is 21.6. The Labute approximate surface area is 463 Å². The first kappa shape index (κ1) is 72.6. The lowest BCUT2D eigenvalue weighted by molar-refractivity contribution is -0.143. The molecule has 0 aromatic rings. The van der Waals surface area contributed by atoms with E-state index in [2.05, 4.69) is 31.3 Å². The Bertz CT molecular complexity index is 1110. The van der Waals surface area contributed by atoms with E-state index in [0.29, 0.717) is 25.9 Å². The summed E-state index contributed by atoms with van der Waals surface area (Å²) in [5.74, 6) is -0.0165. The molecule has 1 amide bonds. The Morgan fingerprint density at radius 3 is 0.986 bits per heavy atom. The molecule has 6 nitrogen and oxygen atoms in total. The second-order valence-corrected chi connectivity index (χ2v) is 23.5. The molecule has 2 atom stereocenters. The van der Waals surface area contributed by atoms with E-state index in [0.717, 1.165) is 44.9 Å². The Balaban J connectivity index is 3.30. The first-order valence-electron chi connectivity index (χ1n) is 33.9. The van der Waals surface area contributed by atoms with Crippen LogP contribution in [-0.2, 0) is 14.3 Å². The van der Waals surface area contributed by atoms with Gasteiger partial charge in [0.25, 0.3) is 0 Å². The molecule has 6 heteroatoms. The summed E-state index contributed by atoms with van der Waals surface area (Å²) < 4.78 is 5.48. The van der Waals surface area contributed by atoms with Gasteiger partial charge in [-0.2, -0.15) is 0 Å². The van der Waals surface area contributed by atoms with Crippen LogP contribution < -0.4 is 5.32 Å². The number of allylic oxidation sites excluding steroid dienone is 2. The van der Waals surface area contributed by atoms with Crippen molar-refractivity contribution >= 4 is 11.9 Å². The van der Waals surface area contributed by atoms with Crippen molar-refractivity contribution in [3.63, 3.8) is 0 Å². The third kappa shape index (κ3) is 59.8. The van der Waals surface area contributed by atoms with Crippen LogP contribution in [0.5, 0.6) is 0 Å². The normalized spacial score (nSPS) is 12.5. The topological polar surface area (TPSA) is 95.9 Å². The van der Waals surface area contributed by atoms with Crippen molar-refractivity contribution < 1.29 is 24.5 Å². The molecule has 0 fully saturated rings. The van der Waals surface area contributed by atoms with Gasteiger partial charge in [0.05, 0.1) is 25.4 Å². The van der Waals surface area contributed by atoms with Gasteiger partial charge in [-0.05, 0) is 51.4 Å². The van der Waals surface area contributed by atoms with Crippen LogP contribution in [0.3, 0.4) is 0 Å². The Morgan fingerprint density at radius 1 is 0.365 bits per heavy atom. The quantitative estimate of drug-likeness (QED) is 0.0320. The molecule has 0 saturated heterocycles. The lowest BCUT2D eigenvalue weighted by atomic mass is 10.0. The summed E-state index contributed by atoms with van der Waals surface area (Å²) in [6.45, 7) is 4.96. The molecule has 0 radical (unpaired) electrons. The number of hydrogen-bond donors (Lipinski definition) is 3. The van der Waals surface area contributed by atoms with Crippen molar-refractivity contribution in [2.75, 3.05) is 13.2 Å². The molecule has 3 N–H and O–H groups in total. The van der Waals surface area contributed by atoms with Crippen LogP contribution in [-0.4, -0.2) is 47.4 Å². The van der Waals surface area contributed by atoms with E-state index in [9.17, 15) is 19.8 Å². The number of aliphatic hydroxyl groups is 2. The summed E-state index contributed by atoms with van der Waals surface area (Å²) in [5, 5.41) is 23.3. The van der Waals surface area contributed by atoms with Gasteiger partial charge in [-0.25, -0.2) is 0 Å². The van der Waals surface area contributed by atoms with Crippen LogP contribution in [0, 0.1) is 0 Å². The van der Waals surface area contributed by atoms with Crippen molar-refractivity contribution in [3.8, 4) is 0 Å². The predicted molar refractivity (Wildman–Crippen MR) is 324 cm³/mol. The summed E-state index contributed by atoms with van der Waals surface area (Å²) in [5.41, 5.74) is 0. The number of hydrogen-bond acceptors (Lipinski definition) is 5. The average molecular weight is 1040 g/mol. The molecule has 0 aliphatic carbocycles. The minimum absolute atomic E-state index is 0.0117. The van der Waals surface area contributed by atoms with Gasteiger partial charge < -0.3 is 20.3 Å². The lowest BCUT2D eigenvalue weighted by Gasteiger charge is -2.22. The second-order valence-electron chi connectivity index (χ2n) is 23.5. The van der Waals surface area contributed by atoms with Gasteiger partial charge in [-0.3, -0.25) is 9.59 Å². The minimum Gasteiger partial charge on any atom is -0.466 e. The zero-order chi connectivity index (χ0) is 53.6. The highest BCUT2D eigenvalue weighted by atomic mass is 16.5. The Hall–Kier alpha value is -1.40. The number of amides is 1. The van der Waals surface area contributed by atoms with E-state index in [1.807, 2.05) is 0 Å². The zero-order valence-electron chi connectivity index (χ0n) is 50.4. The summed E-state index contributed by atoms with van der Waals surface area (Å²) >= 11 is 0. The molecule has 0 aromatic heterocycles. The maximum atomic E-state index is 12.5. The molecule has 0 aromatic carbocycles. The van der Waals surface area contributed by atoms with Crippen LogP contribution >= 0.6 is 0 Å². The van der Waals surface area contributed by atoms with Gasteiger partial charge in [0.2, 0.25) is 5.91 Å². The van der Waals surface area contributed by atoms with Crippen molar-refractivity contribution in [1.82, 2.24) is 5.32 Å². The number of unbranched alkanes of at least 4 members (excludes halogenated alkanes) is 51. The third-order valence-electron chi connectivity index (χ3n) is 16.1. The van der Waals surface area contributed by atoms with E-state index in [1.165, 1.54) is 308 Å². The summed E-state index contributed by atoms with van der Waals surface area (Å²) in [6.07, 6.45) is 78.3. The number of carbonyl (C=O) groups excluding carboxylic acids is 2. The molecule has 0 saturated carbocycles. The van der Waals surface area contributed by atoms with Crippen LogP contribution in [0.2, 0.25) is 0 Å². The highest BCUT2D eigenvalue weighted by Gasteiger charge is 2.20. The maximum absolute atomic E-state index is 12.5. The van der Waals surface area contributed by atoms with E-state index in [-0.39, 0.29) is 18.5 Å². The molecule has 0 bridgehead atoms. The van der Waals surface area contributed by atoms with Gasteiger partial charge in [0.15, 0.2) is 0 Å². The summed E-state index contributed by atoms with van der Waals surface area (Å²) in [7, 11) is 0. The fourth-order valence-electron chi connectivity index (χ4n) is 10.9. The zero-order valence-corrected chi connectivity index (χ0v) is 50.4. The monoisotopic (exact) mass is 1040 g/mol. The third-order valence-corrected chi connectivity index (χ3v) is 16.1. The van der Waals surface area contributed by atoms with Gasteiger partial charge in [0, 0.05) is 12.8 Å². The van der Waals surface area contributed by atoms with Crippen LogP contribution in [0.15, 0.2) is 12.2 Å². The van der Waals surface area contributed by atoms with E-state index in [4.69, 9.17) is 4.74 Å². The molecule has 0 heterocycles. The molecule has 0 rings (SSSR count). The second kappa shape index (κ2) is 64.1. The van der Waals surface area contributed by atoms with E-state index >= 15 is 0 Å². The van der Waals surface area contributed by atoms with E-state index < -0.39 is 12.1 Å². The molecular weight excluding hydrogens is 911 g/mol. The van der Waals surface area contributed by atoms with Gasteiger partial charge in [0.1, 0.15) is 0 Å². The van der Waals surface area contributed by atoms with Gasteiger partial charge in [-0.15, -0.1) is 0 Å². The summed E-state index contributed by atoms with van der Waals surface area (Å²) in [6, 6.07) is -0.536. The fraction of sp³-hybridized carbons (Fsp3) is 0.941. The van der Waals surface area contributed by atoms with Crippen LogP contribution in [0.25, 0.3) is 0 Å². The highest BCUT2D eigenvalue weighted by molar-refractivity contribution is 5.76. The number of ether oxygens (including phenoxy) is 1. The SMILES string of the molecule is CCCCC/C=C\CCCCCCCC(=O)OCCCCCCCCCCCCCCCCCCCCCCCCCCCCCCCCCCC(=O)NC(CO)C(O)CCCCCCCCCCCCCCC. The Kier molecular flexibility index (Phi) is 62.9. The average Bonchev–Trinajstić information content (AvgIpc) is 3.40. The largest absolute Gasteiger partial charge is 0.466 e.